The maximum Gasteiger partial charge on any atom is 0.242 e. The molecule has 2 aliphatic rings. The summed E-state index contributed by atoms with van der Waals surface area (Å²) in [5, 5.41) is 0. The summed E-state index contributed by atoms with van der Waals surface area (Å²) in [7, 11) is 0. The van der Waals surface area contributed by atoms with E-state index in [1.54, 1.807) is 11.8 Å². The Morgan fingerprint density at radius 1 is 1.16 bits per heavy atom. The number of carbonyl (C=O) groups excluding carboxylic acids is 2. The van der Waals surface area contributed by atoms with Crippen molar-refractivity contribution in [3.63, 3.8) is 0 Å². The first-order valence-electron chi connectivity index (χ1n) is 7.63. The van der Waals surface area contributed by atoms with Gasteiger partial charge < -0.3 is 9.80 Å². The lowest BCUT2D eigenvalue weighted by atomic mass is 10.0. The topological polar surface area (TPSA) is 40.6 Å². The fourth-order valence-electron chi connectivity index (χ4n) is 3.38. The highest BCUT2D eigenvalue weighted by atomic mass is 16.2. The van der Waals surface area contributed by atoms with Gasteiger partial charge in [0.25, 0.3) is 0 Å². The largest absolute Gasteiger partial charge is 0.341 e. The zero-order valence-electron chi connectivity index (χ0n) is 12.2. The first-order valence-corrected chi connectivity index (χ1v) is 7.63. The van der Waals surface area contributed by atoms with E-state index in [-0.39, 0.29) is 18.4 Å². The minimum Gasteiger partial charge on any atom is -0.341 e. The van der Waals surface area contributed by atoms with Crippen LogP contribution in [0.1, 0.15) is 52.4 Å². The lowest BCUT2D eigenvalue weighted by Gasteiger charge is -2.34. The summed E-state index contributed by atoms with van der Waals surface area (Å²) in [6.07, 6.45) is 6.79. The maximum absolute atomic E-state index is 12.3. The zero-order valence-corrected chi connectivity index (χ0v) is 12.2. The van der Waals surface area contributed by atoms with E-state index in [1.165, 1.54) is 19.3 Å². The third-order valence-corrected chi connectivity index (χ3v) is 4.49. The molecule has 0 spiro atoms. The highest BCUT2D eigenvalue weighted by molar-refractivity contribution is 5.84. The average Bonchev–Trinajstić information content (AvgIpc) is 2.88. The molecule has 0 aromatic rings. The Hall–Kier alpha value is -1.06. The fourth-order valence-corrected chi connectivity index (χ4v) is 3.38. The molecular weight excluding hydrogens is 240 g/mol. The molecule has 2 amide bonds. The number of amides is 2. The molecule has 1 heterocycles. The summed E-state index contributed by atoms with van der Waals surface area (Å²) < 4.78 is 0. The van der Waals surface area contributed by atoms with Crippen molar-refractivity contribution in [3.05, 3.63) is 0 Å². The van der Waals surface area contributed by atoms with Crippen LogP contribution >= 0.6 is 0 Å². The van der Waals surface area contributed by atoms with E-state index in [9.17, 15) is 9.59 Å². The number of hydrogen-bond acceptors (Lipinski definition) is 2. The van der Waals surface area contributed by atoms with E-state index < -0.39 is 0 Å². The predicted octanol–water partition coefficient (Wildman–Crippen LogP) is 2.04. The van der Waals surface area contributed by atoms with Gasteiger partial charge in [-0.15, -0.1) is 0 Å². The number of piperidine rings is 1. The molecular formula is C15H26N2O2. The number of likely N-dealkylation sites (tertiary alicyclic amines) is 1. The van der Waals surface area contributed by atoms with Crippen LogP contribution in [0.2, 0.25) is 0 Å². The smallest absolute Gasteiger partial charge is 0.242 e. The van der Waals surface area contributed by atoms with Gasteiger partial charge in [0.05, 0.1) is 6.54 Å². The average molecular weight is 266 g/mol. The van der Waals surface area contributed by atoms with Gasteiger partial charge in [-0.05, 0) is 31.6 Å². The van der Waals surface area contributed by atoms with Crippen molar-refractivity contribution in [2.45, 2.75) is 58.4 Å². The standard InChI is InChI=1S/C15H26N2O2/c1-12-6-5-9-16(10-12)15(19)11-17(13(2)18)14-7-3-4-8-14/h12,14H,3-11H2,1-2H3. The Kier molecular flexibility index (Phi) is 4.83. The Bertz CT molecular complexity index is 337. The van der Waals surface area contributed by atoms with Crippen molar-refractivity contribution in [1.29, 1.82) is 0 Å². The van der Waals surface area contributed by atoms with Gasteiger partial charge in [-0.25, -0.2) is 0 Å². The Labute approximate surface area is 116 Å². The summed E-state index contributed by atoms with van der Waals surface area (Å²) in [5.41, 5.74) is 0. The van der Waals surface area contributed by atoms with Crippen LogP contribution < -0.4 is 0 Å². The molecule has 4 heteroatoms. The number of rotatable bonds is 3. The molecule has 0 aromatic heterocycles. The Morgan fingerprint density at radius 3 is 2.42 bits per heavy atom. The Balaban J connectivity index is 1.92. The summed E-state index contributed by atoms with van der Waals surface area (Å²) in [6.45, 7) is 5.78. The molecule has 4 nitrogen and oxygen atoms in total. The molecule has 2 fully saturated rings. The van der Waals surface area contributed by atoms with Crippen molar-refractivity contribution < 1.29 is 9.59 Å². The van der Waals surface area contributed by atoms with Crippen LogP contribution in [0.3, 0.4) is 0 Å². The molecule has 0 bridgehead atoms. The van der Waals surface area contributed by atoms with Gasteiger partial charge >= 0.3 is 0 Å². The van der Waals surface area contributed by atoms with Gasteiger partial charge in [0.15, 0.2) is 0 Å². The van der Waals surface area contributed by atoms with Crippen molar-refractivity contribution in [3.8, 4) is 0 Å². The highest BCUT2D eigenvalue weighted by Crippen LogP contribution is 2.24. The van der Waals surface area contributed by atoms with Crippen LogP contribution in [0.15, 0.2) is 0 Å². The summed E-state index contributed by atoms with van der Waals surface area (Å²) in [6, 6.07) is 0.295. The normalized spacial score (nSPS) is 24.5. The first-order chi connectivity index (χ1) is 9.08. The van der Waals surface area contributed by atoms with E-state index in [4.69, 9.17) is 0 Å². The van der Waals surface area contributed by atoms with Crippen LogP contribution in [-0.4, -0.2) is 47.3 Å². The quantitative estimate of drug-likeness (QED) is 0.784. The van der Waals surface area contributed by atoms with Crippen LogP contribution in [0, 0.1) is 5.92 Å². The molecule has 108 valence electrons. The number of hydrogen-bond donors (Lipinski definition) is 0. The van der Waals surface area contributed by atoms with E-state index in [0.29, 0.717) is 12.0 Å². The van der Waals surface area contributed by atoms with E-state index in [0.717, 1.165) is 32.4 Å². The molecule has 19 heavy (non-hydrogen) atoms. The summed E-state index contributed by atoms with van der Waals surface area (Å²) in [5.74, 6) is 0.772. The predicted molar refractivity (Wildman–Crippen MR) is 74.6 cm³/mol. The van der Waals surface area contributed by atoms with Crippen LogP contribution in [0.25, 0.3) is 0 Å². The molecule has 1 saturated heterocycles. The first kappa shape index (κ1) is 14.4. The second-order valence-corrected chi connectivity index (χ2v) is 6.17. The third-order valence-electron chi connectivity index (χ3n) is 4.49. The Morgan fingerprint density at radius 2 is 1.84 bits per heavy atom. The third kappa shape index (κ3) is 3.71. The monoisotopic (exact) mass is 266 g/mol. The maximum atomic E-state index is 12.3. The highest BCUT2D eigenvalue weighted by Gasteiger charge is 2.29. The minimum atomic E-state index is 0.0466. The summed E-state index contributed by atoms with van der Waals surface area (Å²) in [4.78, 5) is 27.9. The summed E-state index contributed by atoms with van der Waals surface area (Å²) >= 11 is 0. The van der Waals surface area contributed by atoms with Crippen molar-refractivity contribution in [2.24, 2.45) is 5.92 Å². The number of carbonyl (C=O) groups is 2. The van der Waals surface area contributed by atoms with Crippen molar-refractivity contribution in [1.82, 2.24) is 9.80 Å². The molecule has 0 radical (unpaired) electrons. The van der Waals surface area contributed by atoms with Crippen LogP contribution in [0.5, 0.6) is 0 Å². The zero-order chi connectivity index (χ0) is 13.8. The van der Waals surface area contributed by atoms with Gasteiger partial charge in [-0.1, -0.05) is 19.8 Å². The molecule has 1 unspecified atom stereocenters. The van der Waals surface area contributed by atoms with Gasteiger partial charge in [0.2, 0.25) is 11.8 Å². The molecule has 1 aliphatic carbocycles. The van der Waals surface area contributed by atoms with Crippen LogP contribution in [0.4, 0.5) is 0 Å². The molecule has 1 aliphatic heterocycles. The van der Waals surface area contributed by atoms with E-state index in [1.807, 2.05) is 4.90 Å². The van der Waals surface area contributed by atoms with Gasteiger partial charge in [-0.2, -0.15) is 0 Å². The molecule has 0 N–H and O–H groups in total. The number of nitrogens with zero attached hydrogens (tertiary/aromatic N) is 2. The van der Waals surface area contributed by atoms with Crippen molar-refractivity contribution >= 4 is 11.8 Å². The molecule has 0 aromatic carbocycles. The van der Waals surface area contributed by atoms with E-state index in [2.05, 4.69) is 6.92 Å². The molecule has 2 rings (SSSR count). The van der Waals surface area contributed by atoms with Gasteiger partial charge in [0.1, 0.15) is 0 Å². The lowest BCUT2D eigenvalue weighted by Crippen LogP contribution is -2.48. The SMILES string of the molecule is CC(=O)N(CC(=O)N1CCCC(C)C1)C1CCCC1. The minimum absolute atomic E-state index is 0.0466. The fraction of sp³-hybridized carbons (Fsp3) is 0.867. The van der Waals surface area contributed by atoms with Gasteiger partial charge in [0, 0.05) is 26.1 Å². The lowest BCUT2D eigenvalue weighted by molar-refractivity contribution is -0.142. The molecule has 1 atom stereocenters. The molecule has 1 saturated carbocycles. The van der Waals surface area contributed by atoms with Gasteiger partial charge in [-0.3, -0.25) is 9.59 Å². The van der Waals surface area contributed by atoms with Crippen molar-refractivity contribution in [2.75, 3.05) is 19.6 Å². The van der Waals surface area contributed by atoms with E-state index >= 15 is 0 Å². The second-order valence-electron chi connectivity index (χ2n) is 6.17. The second kappa shape index (κ2) is 6.40. The van der Waals surface area contributed by atoms with Crippen LogP contribution in [-0.2, 0) is 9.59 Å².